The minimum Gasteiger partial charge on any atom is -0.393 e. The van der Waals surface area contributed by atoms with Gasteiger partial charge in [0, 0.05) is 25.6 Å². The van der Waals surface area contributed by atoms with E-state index in [0.29, 0.717) is 25.4 Å². The molecule has 24 heavy (non-hydrogen) atoms. The molecule has 5 nitrogen and oxygen atoms in total. The second kappa shape index (κ2) is 8.49. The molecule has 0 aromatic heterocycles. The summed E-state index contributed by atoms with van der Waals surface area (Å²) < 4.78 is 5.84. The Labute approximate surface area is 144 Å². The number of benzene rings is 1. The molecule has 0 aliphatic carbocycles. The average Bonchev–Trinajstić information content (AvgIpc) is 2.99. The van der Waals surface area contributed by atoms with Crippen molar-refractivity contribution >= 4 is 6.03 Å². The van der Waals surface area contributed by atoms with Gasteiger partial charge in [-0.1, -0.05) is 44.2 Å². The number of aliphatic hydroxyl groups is 1. The van der Waals surface area contributed by atoms with E-state index in [-0.39, 0.29) is 23.7 Å². The third-order valence-electron chi connectivity index (χ3n) is 4.44. The molecule has 1 heterocycles. The van der Waals surface area contributed by atoms with Crippen LogP contribution in [0.15, 0.2) is 30.3 Å². The molecule has 0 saturated carbocycles. The molecule has 1 aromatic carbocycles. The van der Waals surface area contributed by atoms with E-state index >= 15 is 0 Å². The zero-order chi connectivity index (χ0) is 17.6. The van der Waals surface area contributed by atoms with Gasteiger partial charge in [0.05, 0.1) is 12.2 Å². The normalized spacial score (nSPS) is 22.2. The number of amides is 2. The van der Waals surface area contributed by atoms with Crippen LogP contribution in [0.2, 0.25) is 0 Å². The Balaban J connectivity index is 1.77. The summed E-state index contributed by atoms with van der Waals surface area (Å²) in [4.78, 5) is 12.0. The van der Waals surface area contributed by atoms with Gasteiger partial charge in [-0.25, -0.2) is 4.79 Å². The van der Waals surface area contributed by atoms with Crippen LogP contribution < -0.4 is 10.6 Å². The highest BCUT2D eigenvalue weighted by atomic mass is 16.5. The molecule has 2 rings (SSSR count). The zero-order valence-corrected chi connectivity index (χ0v) is 14.9. The summed E-state index contributed by atoms with van der Waals surface area (Å²) >= 11 is 0. The monoisotopic (exact) mass is 334 g/mol. The molecule has 2 amide bonds. The van der Waals surface area contributed by atoms with Crippen molar-refractivity contribution in [2.24, 2.45) is 11.3 Å². The minimum atomic E-state index is -0.368. The summed E-state index contributed by atoms with van der Waals surface area (Å²) in [6.45, 7) is 7.71. The van der Waals surface area contributed by atoms with Gasteiger partial charge in [-0.3, -0.25) is 0 Å². The van der Waals surface area contributed by atoms with E-state index in [9.17, 15) is 9.90 Å². The highest BCUT2D eigenvalue weighted by Crippen LogP contribution is 2.33. The van der Waals surface area contributed by atoms with Gasteiger partial charge in [-0.2, -0.15) is 0 Å². The van der Waals surface area contributed by atoms with E-state index in [1.54, 1.807) is 6.92 Å². The van der Waals surface area contributed by atoms with Crippen LogP contribution in [0.25, 0.3) is 0 Å². The molecule has 1 aliphatic rings. The van der Waals surface area contributed by atoms with Crippen molar-refractivity contribution in [3.8, 4) is 0 Å². The summed E-state index contributed by atoms with van der Waals surface area (Å²) in [5, 5.41) is 15.4. The molecule has 1 saturated heterocycles. The van der Waals surface area contributed by atoms with Crippen molar-refractivity contribution in [2.45, 2.75) is 45.8 Å². The van der Waals surface area contributed by atoms with Crippen LogP contribution in [0.3, 0.4) is 0 Å². The van der Waals surface area contributed by atoms with Crippen LogP contribution in [-0.2, 0) is 4.74 Å². The molecular weight excluding hydrogens is 304 g/mol. The minimum absolute atomic E-state index is 0.0539. The van der Waals surface area contributed by atoms with Crippen molar-refractivity contribution in [3.05, 3.63) is 35.9 Å². The second-order valence-corrected chi connectivity index (χ2v) is 7.53. The number of carbonyl (C=O) groups is 1. The topological polar surface area (TPSA) is 70.6 Å². The first-order valence-corrected chi connectivity index (χ1v) is 8.74. The predicted octanol–water partition coefficient (Wildman–Crippen LogP) is 2.86. The lowest BCUT2D eigenvalue weighted by Crippen LogP contribution is -2.43. The van der Waals surface area contributed by atoms with Crippen LogP contribution in [-0.4, -0.2) is 36.9 Å². The molecule has 3 N–H and O–H groups in total. The molecule has 5 heteroatoms. The molecule has 3 unspecified atom stereocenters. The number of nitrogens with one attached hydrogen (secondary N) is 2. The maximum atomic E-state index is 12.0. The lowest BCUT2D eigenvalue weighted by Gasteiger charge is -2.26. The van der Waals surface area contributed by atoms with Crippen molar-refractivity contribution in [1.29, 1.82) is 0 Å². The molecule has 0 spiro atoms. The number of rotatable bonds is 7. The largest absolute Gasteiger partial charge is 0.393 e. The molecule has 3 atom stereocenters. The quantitative estimate of drug-likeness (QED) is 0.718. The fourth-order valence-electron chi connectivity index (χ4n) is 3.33. The Kier molecular flexibility index (Phi) is 6.63. The number of urea groups is 1. The molecule has 1 aromatic rings. The highest BCUT2D eigenvalue weighted by Gasteiger charge is 2.30. The van der Waals surface area contributed by atoms with E-state index in [1.165, 1.54) is 5.56 Å². The Morgan fingerprint density at radius 1 is 1.33 bits per heavy atom. The fourth-order valence-corrected chi connectivity index (χ4v) is 3.33. The smallest absolute Gasteiger partial charge is 0.314 e. The van der Waals surface area contributed by atoms with Gasteiger partial charge in [-0.05, 0) is 30.7 Å². The summed E-state index contributed by atoms with van der Waals surface area (Å²) in [7, 11) is 0. The predicted molar refractivity (Wildman–Crippen MR) is 94.7 cm³/mol. The summed E-state index contributed by atoms with van der Waals surface area (Å²) in [5.41, 5.74) is 1.04. The van der Waals surface area contributed by atoms with Crippen LogP contribution in [0.4, 0.5) is 4.79 Å². The van der Waals surface area contributed by atoms with Crippen LogP contribution in [0, 0.1) is 11.3 Å². The lowest BCUT2D eigenvalue weighted by atomic mass is 9.87. The first kappa shape index (κ1) is 18.7. The first-order valence-electron chi connectivity index (χ1n) is 8.74. The van der Waals surface area contributed by atoms with E-state index in [2.05, 4.69) is 22.8 Å². The lowest BCUT2D eigenvalue weighted by molar-refractivity contribution is 0.0908. The molecule has 0 radical (unpaired) electrons. The summed E-state index contributed by atoms with van der Waals surface area (Å²) in [5.74, 6) is 0.295. The van der Waals surface area contributed by atoms with Crippen LogP contribution in [0.5, 0.6) is 0 Å². The van der Waals surface area contributed by atoms with Crippen molar-refractivity contribution in [2.75, 3.05) is 19.7 Å². The zero-order valence-electron chi connectivity index (χ0n) is 14.9. The second-order valence-electron chi connectivity index (χ2n) is 7.53. The average molecular weight is 334 g/mol. The van der Waals surface area contributed by atoms with Gasteiger partial charge in [0.25, 0.3) is 0 Å². The maximum Gasteiger partial charge on any atom is 0.314 e. The molecule has 134 valence electrons. The summed E-state index contributed by atoms with van der Waals surface area (Å²) in [6, 6.07) is 10.0. The third-order valence-corrected chi connectivity index (χ3v) is 4.44. The van der Waals surface area contributed by atoms with Crippen LogP contribution >= 0.6 is 0 Å². The Hall–Kier alpha value is -1.59. The number of carbonyl (C=O) groups excluding carboxylic acids is 1. The first-order chi connectivity index (χ1) is 11.4. The van der Waals surface area contributed by atoms with Gasteiger partial charge < -0.3 is 20.5 Å². The highest BCUT2D eigenvalue weighted by molar-refractivity contribution is 5.73. The Morgan fingerprint density at radius 2 is 2.04 bits per heavy atom. The molecule has 1 fully saturated rings. The van der Waals surface area contributed by atoms with Gasteiger partial charge in [0.2, 0.25) is 0 Å². The molecule has 0 bridgehead atoms. The number of ether oxygens (including phenoxy) is 1. The molecular formula is C19H30N2O3. The number of hydrogen-bond acceptors (Lipinski definition) is 3. The summed E-state index contributed by atoms with van der Waals surface area (Å²) in [6.07, 6.45) is 1.29. The Morgan fingerprint density at radius 3 is 2.71 bits per heavy atom. The Bertz CT molecular complexity index is 517. The number of aliphatic hydroxyl groups excluding tert-OH is 1. The van der Waals surface area contributed by atoms with E-state index < -0.39 is 0 Å². The third kappa shape index (κ3) is 5.80. The van der Waals surface area contributed by atoms with Gasteiger partial charge in [0.15, 0.2) is 0 Å². The maximum absolute atomic E-state index is 12.0. The molecule has 1 aliphatic heterocycles. The van der Waals surface area contributed by atoms with Gasteiger partial charge in [-0.15, -0.1) is 0 Å². The van der Waals surface area contributed by atoms with Crippen molar-refractivity contribution < 1.29 is 14.6 Å². The number of hydrogen-bond donors (Lipinski definition) is 3. The van der Waals surface area contributed by atoms with Crippen molar-refractivity contribution in [3.63, 3.8) is 0 Å². The van der Waals surface area contributed by atoms with Crippen LogP contribution in [0.1, 0.15) is 45.3 Å². The fraction of sp³-hybridized carbons (Fsp3) is 0.632. The standard InChI is InChI=1S/C19H30N2O3/c1-14(22)11-19(2,3)13-21-18(23)20-12-16-9-10-24-17(16)15-7-5-4-6-8-15/h4-8,14,16-17,22H,9-13H2,1-3H3,(H2,20,21,23). The SMILES string of the molecule is CC(O)CC(C)(C)CNC(=O)NCC1CCOC1c1ccccc1. The van der Waals surface area contributed by atoms with Gasteiger partial charge >= 0.3 is 6.03 Å². The van der Waals surface area contributed by atoms with E-state index in [0.717, 1.165) is 13.0 Å². The van der Waals surface area contributed by atoms with E-state index in [4.69, 9.17) is 4.74 Å². The van der Waals surface area contributed by atoms with Crippen molar-refractivity contribution in [1.82, 2.24) is 10.6 Å². The van der Waals surface area contributed by atoms with Gasteiger partial charge in [0.1, 0.15) is 0 Å². The van der Waals surface area contributed by atoms with E-state index in [1.807, 2.05) is 32.0 Å².